The van der Waals surface area contributed by atoms with Crippen LogP contribution in [0.2, 0.25) is 0 Å². The average molecular weight is 615 g/mol. The van der Waals surface area contributed by atoms with Gasteiger partial charge in [-0.25, -0.2) is 0 Å². The van der Waals surface area contributed by atoms with Gasteiger partial charge in [0.15, 0.2) is 0 Å². The summed E-state index contributed by atoms with van der Waals surface area (Å²) in [4.78, 5) is 9.26. The zero-order chi connectivity index (χ0) is 30.9. The third-order valence-corrected chi connectivity index (χ3v) is 10.8. The standard InChI is InChI=1S/C44H26N2S/c1-2-11-34-33(10-1)39(24-27-18-20-45-26-41(27)34)30-21-29(32-15-7-16-38-36-13-5-6-17-42(36)47-44(32)38)22-31(23-30)40-25-28-9-8-19-46-43(28)37-14-4-3-12-35(37)40/h1-26H. The Kier molecular flexibility index (Phi) is 5.78. The predicted molar refractivity (Wildman–Crippen MR) is 201 cm³/mol. The van der Waals surface area contributed by atoms with E-state index in [9.17, 15) is 0 Å². The molecule has 0 spiro atoms. The molecule has 0 aliphatic rings. The highest BCUT2D eigenvalue weighted by molar-refractivity contribution is 7.26. The summed E-state index contributed by atoms with van der Waals surface area (Å²) in [7, 11) is 0. The van der Waals surface area contributed by atoms with E-state index in [1.807, 2.05) is 36.0 Å². The molecule has 3 heterocycles. The molecule has 0 saturated heterocycles. The van der Waals surface area contributed by atoms with Gasteiger partial charge in [-0.2, -0.15) is 0 Å². The number of rotatable bonds is 3. The maximum absolute atomic E-state index is 4.79. The van der Waals surface area contributed by atoms with Crippen LogP contribution in [0.4, 0.5) is 0 Å². The summed E-state index contributed by atoms with van der Waals surface area (Å²) in [5, 5.41) is 10.9. The monoisotopic (exact) mass is 614 g/mol. The van der Waals surface area contributed by atoms with E-state index in [0.29, 0.717) is 0 Å². The number of hydrogen-bond acceptors (Lipinski definition) is 3. The van der Waals surface area contributed by atoms with Gasteiger partial charge in [0.2, 0.25) is 0 Å². The van der Waals surface area contributed by atoms with Gasteiger partial charge in [-0.15, -0.1) is 11.3 Å². The SMILES string of the molecule is c1cnc2c(c1)cc(-c1cc(-c3cc4ccncc4c4ccccc34)cc(-c3cccc4c3sc3ccccc34)c1)c1ccccc12. The van der Waals surface area contributed by atoms with E-state index in [0.717, 1.165) is 10.9 Å². The minimum Gasteiger partial charge on any atom is -0.264 e. The van der Waals surface area contributed by atoms with E-state index in [2.05, 4.69) is 138 Å². The molecule has 0 N–H and O–H groups in total. The van der Waals surface area contributed by atoms with Gasteiger partial charge in [-0.1, -0.05) is 91.0 Å². The van der Waals surface area contributed by atoms with Crippen LogP contribution in [0.25, 0.3) is 96.8 Å². The number of hydrogen-bond donors (Lipinski definition) is 0. The van der Waals surface area contributed by atoms with Crippen LogP contribution in [0.5, 0.6) is 0 Å². The summed E-state index contributed by atoms with van der Waals surface area (Å²) >= 11 is 1.88. The van der Waals surface area contributed by atoms with Crippen molar-refractivity contribution < 1.29 is 0 Å². The summed E-state index contributed by atoms with van der Waals surface area (Å²) in [6.07, 6.45) is 5.76. The lowest BCUT2D eigenvalue weighted by Crippen LogP contribution is -1.91. The first-order valence-electron chi connectivity index (χ1n) is 15.9. The van der Waals surface area contributed by atoms with Crippen molar-refractivity contribution >= 4 is 74.7 Å². The molecule has 47 heavy (non-hydrogen) atoms. The molecule has 10 rings (SSSR count). The van der Waals surface area contributed by atoms with E-state index in [1.165, 1.54) is 85.9 Å². The maximum atomic E-state index is 4.79. The minimum atomic E-state index is 1.03. The van der Waals surface area contributed by atoms with Gasteiger partial charge >= 0.3 is 0 Å². The van der Waals surface area contributed by atoms with Gasteiger partial charge in [0.1, 0.15) is 0 Å². The number of aromatic nitrogens is 2. The quantitative estimate of drug-likeness (QED) is 0.185. The number of nitrogens with zero attached hydrogens (tertiary/aromatic N) is 2. The lowest BCUT2D eigenvalue weighted by Gasteiger charge is -2.16. The Labute approximate surface area is 275 Å². The molecule has 0 fully saturated rings. The number of benzene rings is 7. The summed E-state index contributed by atoms with van der Waals surface area (Å²) in [5.41, 5.74) is 8.32. The Bertz CT molecular complexity index is 2730. The fourth-order valence-corrected chi connectivity index (χ4v) is 8.64. The van der Waals surface area contributed by atoms with E-state index in [1.54, 1.807) is 0 Å². The van der Waals surface area contributed by atoms with Crippen LogP contribution in [-0.2, 0) is 0 Å². The normalized spacial score (nSPS) is 11.8. The van der Waals surface area contributed by atoms with Crippen molar-refractivity contribution in [3.8, 4) is 33.4 Å². The average Bonchev–Trinajstić information content (AvgIpc) is 3.53. The van der Waals surface area contributed by atoms with Crippen LogP contribution in [0, 0.1) is 0 Å². The lowest BCUT2D eigenvalue weighted by atomic mass is 9.88. The Morgan fingerprint density at radius 1 is 0.404 bits per heavy atom. The smallest absolute Gasteiger partial charge is 0.0780 e. The lowest BCUT2D eigenvalue weighted by molar-refractivity contribution is 1.37. The fraction of sp³-hybridized carbons (Fsp3) is 0. The topological polar surface area (TPSA) is 25.8 Å². The summed E-state index contributed by atoms with van der Waals surface area (Å²) in [6.45, 7) is 0. The molecule has 0 aliphatic carbocycles. The molecular formula is C44H26N2S. The molecule has 0 radical (unpaired) electrons. The fourth-order valence-electron chi connectivity index (χ4n) is 7.41. The molecule has 0 atom stereocenters. The van der Waals surface area contributed by atoms with Crippen molar-refractivity contribution in [2.75, 3.05) is 0 Å². The Hall–Kier alpha value is -5.90. The highest BCUT2D eigenvalue weighted by Crippen LogP contribution is 2.44. The van der Waals surface area contributed by atoms with Gasteiger partial charge < -0.3 is 0 Å². The molecule has 0 unspecified atom stereocenters. The minimum absolute atomic E-state index is 1.03. The zero-order valence-electron chi connectivity index (χ0n) is 25.3. The summed E-state index contributed by atoms with van der Waals surface area (Å²) < 4.78 is 2.63. The molecule has 0 amide bonds. The highest BCUT2D eigenvalue weighted by Gasteiger charge is 2.17. The zero-order valence-corrected chi connectivity index (χ0v) is 26.1. The molecule has 0 bridgehead atoms. The van der Waals surface area contributed by atoms with Crippen molar-refractivity contribution in [3.63, 3.8) is 0 Å². The third-order valence-electron chi connectivity index (χ3n) is 9.54. The summed E-state index contributed by atoms with van der Waals surface area (Å²) in [6, 6.07) is 51.0. The first kappa shape index (κ1) is 26.3. The third kappa shape index (κ3) is 4.10. The number of pyridine rings is 2. The van der Waals surface area contributed by atoms with Crippen LogP contribution >= 0.6 is 11.3 Å². The molecule has 3 heteroatoms. The molecule has 7 aromatic carbocycles. The Morgan fingerprint density at radius 2 is 1.04 bits per heavy atom. The first-order chi connectivity index (χ1) is 23.3. The number of fused-ring (bicyclic) bond motifs is 9. The highest BCUT2D eigenvalue weighted by atomic mass is 32.1. The summed E-state index contributed by atoms with van der Waals surface area (Å²) in [5.74, 6) is 0. The Balaban J connectivity index is 1.33. The molecule has 10 aromatic rings. The van der Waals surface area contributed by atoms with E-state index < -0.39 is 0 Å². The van der Waals surface area contributed by atoms with Gasteiger partial charge in [0.25, 0.3) is 0 Å². The van der Waals surface area contributed by atoms with Crippen molar-refractivity contribution in [1.29, 1.82) is 0 Å². The van der Waals surface area contributed by atoms with Crippen LogP contribution in [0.3, 0.4) is 0 Å². The second kappa shape index (κ2) is 10.3. The molecular weight excluding hydrogens is 589 g/mol. The van der Waals surface area contributed by atoms with Crippen LogP contribution in [0.15, 0.2) is 158 Å². The molecule has 218 valence electrons. The number of thiophene rings is 1. The van der Waals surface area contributed by atoms with Crippen molar-refractivity contribution in [2.45, 2.75) is 0 Å². The molecule has 3 aromatic heterocycles. The van der Waals surface area contributed by atoms with E-state index >= 15 is 0 Å². The Morgan fingerprint density at radius 3 is 1.85 bits per heavy atom. The van der Waals surface area contributed by atoms with E-state index in [4.69, 9.17) is 4.98 Å². The largest absolute Gasteiger partial charge is 0.264 e. The molecule has 0 saturated carbocycles. The van der Waals surface area contributed by atoms with Gasteiger partial charge in [-0.05, 0) is 103 Å². The van der Waals surface area contributed by atoms with Gasteiger partial charge in [0.05, 0.1) is 5.52 Å². The second-order valence-electron chi connectivity index (χ2n) is 12.2. The molecule has 2 nitrogen and oxygen atoms in total. The van der Waals surface area contributed by atoms with Crippen molar-refractivity contribution in [1.82, 2.24) is 9.97 Å². The van der Waals surface area contributed by atoms with Crippen LogP contribution in [0.1, 0.15) is 0 Å². The van der Waals surface area contributed by atoms with Gasteiger partial charge in [0, 0.05) is 54.9 Å². The van der Waals surface area contributed by atoms with Crippen LogP contribution in [-0.4, -0.2) is 9.97 Å². The second-order valence-corrected chi connectivity index (χ2v) is 13.2. The van der Waals surface area contributed by atoms with Crippen LogP contribution < -0.4 is 0 Å². The molecule has 0 aliphatic heterocycles. The maximum Gasteiger partial charge on any atom is 0.0780 e. The van der Waals surface area contributed by atoms with Crippen molar-refractivity contribution in [2.24, 2.45) is 0 Å². The van der Waals surface area contributed by atoms with E-state index in [-0.39, 0.29) is 0 Å². The van der Waals surface area contributed by atoms with Gasteiger partial charge in [-0.3, -0.25) is 9.97 Å². The predicted octanol–water partition coefficient (Wildman–Crippen LogP) is 12.5. The first-order valence-corrected chi connectivity index (χ1v) is 16.7. The van der Waals surface area contributed by atoms with Crippen molar-refractivity contribution in [3.05, 3.63) is 158 Å².